The van der Waals surface area contributed by atoms with Crippen LogP contribution in [0.4, 0.5) is 0 Å². The summed E-state index contributed by atoms with van der Waals surface area (Å²) in [4.78, 5) is 0. The van der Waals surface area contributed by atoms with Crippen LogP contribution in [0.1, 0.15) is 39.5 Å². The predicted molar refractivity (Wildman–Crippen MR) is 131 cm³/mol. The van der Waals surface area contributed by atoms with E-state index in [1.165, 1.54) is 0 Å². The average molecular weight is 447 g/mol. The second-order valence-electron chi connectivity index (χ2n) is 7.96. The fraction of sp³-hybridized carbons (Fsp3) is 0.259. The lowest BCUT2D eigenvalue weighted by molar-refractivity contribution is 0.171. The Morgan fingerprint density at radius 3 is 1.97 bits per heavy atom. The number of fused-ring (bicyclic) bond motifs is 2. The third-order valence-electron chi connectivity index (χ3n) is 5.68. The summed E-state index contributed by atoms with van der Waals surface area (Å²) in [6.07, 6.45) is 3.50. The minimum absolute atomic E-state index is 0.0940. The van der Waals surface area contributed by atoms with Crippen LogP contribution in [0.15, 0.2) is 72.8 Å². The molecule has 0 aromatic heterocycles. The number of aromatic hydroxyl groups is 1. The Labute approximate surface area is 189 Å². The lowest BCUT2D eigenvalue weighted by Crippen LogP contribution is -2.09. The number of rotatable bonds is 9. The van der Waals surface area contributed by atoms with Crippen molar-refractivity contribution in [1.82, 2.24) is 0 Å². The Morgan fingerprint density at radius 1 is 0.781 bits per heavy atom. The summed E-state index contributed by atoms with van der Waals surface area (Å²) in [6, 6.07) is 23.2. The van der Waals surface area contributed by atoms with Gasteiger partial charge in [0.05, 0.1) is 0 Å². The summed E-state index contributed by atoms with van der Waals surface area (Å²) in [6.45, 7) is 4.18. The fourth-order valence-corrected chi connectivity index (χ4v) is 5.04. The van der Waals surface area contributed by atoms with Gasteiger partial charge in [-0.1, -0.05) is 87.4 Å². The lowest BCUT2D eigenvalue weighted by Gasteiger charge is -2.14. The van der Waals surface area contributed by atoms with Crippen molar-refractivity contribution in [3.8, 4) is 22.6 Å². The van der Waals surface area contributed by atoms with Crippen LogP contribution in [-0.2, 0) is 9.09 Å². The van der Waals surface area contributed by atoms with E-state index in [1.54, 1.807) is 6.07 Å². The van der Waals surface area contributed by atoms with Crippen LogP contribution in [0.2, 0.25) is 0 Å². The molecule has 4 rings (SSSR count). The molecule has 5 heteroatoms. The molecule has 0 spiro atoms. The van der Waals surface area contributed by atoms with Gasteiger partial charge in [0.2, 0.25) is 0 Å². The second-order valence-corrected chi connectivity index (χ2v) is 8.80. The highest BCUT2D eigenvalue weighted by Crippen LogP contribution is 2.47. The van der Waals surface area contributed by atoms with Crippen molar-refractivity contribution in [3.63, 3.8) is 0 Å². The molecule has 164 valence electrons. The van der Waals surface area contributed by atoms with Gasteiger partial charge in [-0.25, -0.2) is 4.52 Å². The first-order chi connectivity index (χ1) is 15.6. The topological polar surface area (TPSA) is 55.8 Å². The molecule has 4 aromatic carbocycles. The van der Waals surface area contributed by atoms with Crippen molar-refractivity contribution in [2.75, 3.05) is 0 Å². The first-order valence-electron chi connectivity index (χ1n) is 11.2. The van der Waals surface area contributed by atoms with Gasteiger partial charge in [-0.15, -0.1) is 4.52 Å². The zero-order valence-corrected chi connectivity index (χ0v) is 19.3. The minimum atomic E-state index is -2.37. The van der Waals surface area contributed by atoms with Crippen LogP contribution >= 0.6 is 8.25 Å². The highest BCUT2D eigenvalue weighted by molar-refractivity contribution is 7.33. The number of phenolic OH excluding ortho intramolecular Hbond substituents is 1. The van der Waals surface area contributed by atoms with Crippen LogP contribution in [0.5, 0.6) is 11.5 Å². The normalized spacial score (nSPS) is 11.9. The van der Waals surface area contributed by atoms with Gasteiger partial charge in [-0.2, -0.15) is 0 Å². The monoisotopic (exact) mass is 447 g/mol. The molecule has 0 radical (unpaired) electrons. The molecule has 0 saturated heterocycles. The quantitative estimate of drug-likeness (QED) is 0.262. The molecular weight excluding hydrogens is 419 g/mol. The first kappa shape index (κ1) is 22.3. The molecule has 4 aromatic rings. The smallest absolute Gasteiger partial charge is 0.507 e. The minimum Gasteiger partial charge on any atom is -0.507 e. The first-order valence-corrected chi connectivity index (χ1v) is 12.3. The van der Waals surface area contributed by atoms with Gasteiger partial charge in [-0.3, -0.25) is 0 Å². The van der Waals surface area contributed by atoms with E-state index in [0.29, 0.717) is 16.9 Å². The number of hydrogen-bond acceptors (Lipinski definition) is 4. The molecule has 0 saturated carbocycles. The van der Waals surface area contributed by atoms with Crippen molar-refractivity contribution in [2.24, 2.45) is 0 Å². The molecule has 0 heterocycles. The standard InChI is InChI=1S/C27H27O4P/c1-3-9-21(10-4-2)30-32(29)31-25-18-16-20-12-6-8-14-23(20)27(25)26-22-13-7-5-11-19(22)15-17-24(26)28/h5-8,11-18,21H,3-4,9-10H2,1-2H3/p+1. The Bertz CT molecular complexity index is 1250. The fourth-order valence-electron chi connectivity index (χ4n) is 4.23. The average Bonchev–Trinajstić information content (AvgIpc) is 2.80. The van der Waals surface area contributed by atoms with Crippen LogP contribution in [0, 0.1) is 0 Å². The van der Waals surface area contributed by atoms with Gasteiger partial charge in [0, 0.05) is 15.7 Å². The maximum absolute atomic E-state index is 12.9. The second kappa shape index (κ2) is 10.1. The van der Waals surface area contributed by atoms with Crippen molar-refractivity contribution in [3.05, 3.63) is 72.8 Å². The molecule has 4 nitrogen and oxygen atoms in total. The van der Waals surface area contributed by atoms with E-state index in [-0.39, 0.29) is 11.9 Å². The zero-order valence-electron chi connectivity index (χ0n) is 18.5. The Hall–Kier alpha value is -2.94. The molecular formula is C27H28O4P+. The summed E-state index contributed by atoms with van der Waals surface area (Å²) in [7, 11) is -2.37. The zero-order chi connectivity index (χ0) is 22.5. The van der Waals surface area contributed by atoms with Gasteiger partial charge in [0.15, 0.2) is 5.75 Å². The summed E-state index contributed by atoms with van der Waals surface area (Å²) in [5, 5.41) is 14.7. The summed E-state index contributed by atoms with van der Waals surface area (Å²) in [5.74, 6) is 0.583. The lowest BCUT2D eigenvalue weighted by atomic mass is 9.92. The molecule has 0 aliphatic heterocycles. The van der Waals surface area contributed by atoms with Crippen LogP contribution < -0.4 is 4.52 Å². The predicted octanol–water partition coefficient (Wildman–Crippen LogP) is 8.39. The van der Waals surface area contributed by atoms with E-state index in [9.17, 15) is 9.67 Å². The molecule has 0 fully saturated rings. The van der Waals surface area contributed by atoms with Crippen LogP contribution in [0.25, 0.3) is 32.7 Å². The van der Waals surface area contributed by atoms with Gasteiger partial charge in [0.1, 0.15) is 11.9 Å². The van der Waals surface area contributed by atoms with E-state index in [1.807, 2.05) is 66.7 Å². The van der Waals surface area contributed by atoms with Crippen LogP contribution in [0.3, 0.4) is 0 Å². The molecule has 0 amide bonds. The van der Waals surface area contributed by atoms with Gasteiger partial charge in [-0.05, 0) is 46.5 Å². The molecule has 1 N–H and O–H groups in total. The molecule has 0 bridgehead atoms. The molecule has 1 unspecified atom stereocenters. The number of hydrogen-bond donors (Lipinski definition) is 1. The van der Waals surface area contributed by atoms with Crippen molar-refractivity contribution < 1.29 is 18.7 Å². The largest absolute Gasteiger partial charge is 0.750 e. The summed E-state index contributed by atoms with van der Waals surface area (Å²) >= 11 is 0. The van der Waals surface area contributed by atoms with E-state index < -0.39 is 8.25 Å². The van der Waals surface area contributed by atoms with Crippen LogP contribution in [-0.4, -0.2) is 11.2 Å². The highest BCUT2D eigenvalue weighted by atomic mass is 31.1. The summed E-state index contributed by atoms with van der Waals surface area (Å²) in [5.41, 5.74) is 1.38. The Morgan fingerprint density at radius 2 is 1.34 bits per heavy atom. The van der Waals surface area contributed by atoms with E-state index >= 15 is 0 Å². The number of phenols is 1. The van der Waals surface area contributed by atoms with Gasteiger partial charge >= 0.3 is 8.25 Å². The van der Waals surface area contributed by atoms with Crippen molar-refractivity contribution in [1.29, 1.82) is 0 Å². The Kier molecular flexibility index (Phi) is 7.04. The third kappa shape index (κ3) is 4.62. The Balaban J connectivity index is 1.84. The van der Waals surface area contributed by atoms with Gasteiger partial charge in [0.25, 0.3) is 0 Å². The maximum atomic E-state index is 12.9. The van der Waals surface area contributed by atoms with Crippen molar-refractivity contribution >= 4 is 29.8 Å². The molecule has 0 aliphatic carbocycles. The molecule has 32 heavy (non-hydrogen) atoms. The summed E-state index contributed by atoms with van der Waals surface area (Å²) < 4.78 is 24.6. The van der Waals surface area contributed by atoms with Crippen molar-refractivity contribution in [2.45, 2.75) is 45.6 Å². The highest BCUT2D eigenvalue weighted by Gasteiger charge is 2.30. The van der Waals surface area contributed by atoms with E-state index in [0.717, 1.165) is 47.2 Å². The SMILES string of the molecule is CCCC(CCC)O[P+](=O)Oc1ccc2ccccc2c1-c1c(O)ccc2ccccc12. The molecule has 1 atom stereocenters. The van der Waals surface area contributed by atoms with E-state index in [4.69, 9.17) is 9.05 Å². The third-order valence-corrected chi connectivity index (χ3v) is 6.49. The number of benzene rings is 4. The maximum Gasteiger partial charge on any atom is 0.750 e. The molecule has 0 aliphatic rings. The van der Waals surface area contributed by atoms with E-state index in [2.05, 4.69) is 13.8 Å². The van der Waals surface area contributed by atoms with Gasteiger partial charge < -0.3 is 5.11 Å².